The number of imide groups is 1. The number of benzene rings is 1. The summed E-state index contributed by atoms with van der Waals surface area (Å²) in [6, 6.07) is 5.03. The molecule has 1 fully saturated rings. The quantitative estimate of drug-likeness (QED) is 0.735. The second-order valence-corrected chi connectivity index (χ2v) is 7.73. The molecule has 2 amide bonds. The lowest BCUT2D eigenvalue weighted by Crippen LogP contribution is -2.44. The third-order valence-corrected chi connectivity index (χ3v) is 5.91. The number of sulfonamides is 1. The largest absolute Gasteiger partial charge is 0.379 e. The summed E-state index contributed by atoms with van der Waals surface area (Å²) < 4.78 is 31.1. The van der Waals surface area contributed by atoms with E-state index in [-0.39, 0.29) is 12.3 Å². The Kier molecular flexibility index (Phi) is 4.22. The second-order valence-electron chi connectivity index (χ2n) is 5.64. The normalized spacial score (nSPS) is 19.3. The first-order chi connectivity index (χ1) is 10.9. The van der Waals surface area contributed by atoms with Gasteiger partial charge in [0.2, 0.25) is 10.0 Å². The zero-order valence-electron chi connectivity index (χ0n) is 12.8. The Hall–Kier alpha value is -1.77. The van der Waals surface area contributed by atoms with Crippen molar-refractivity contribution in [2.45, 2.75) is 6.92 Å². The molecule has 0 saturated carbocycles. The van der Waals surface area contributed by atoms with Crippen molar-refractivity contribution in [3.8, 4) is 0 Å². The minimum atomic E-state index is -3.51. The van der Waals surface area contributed by atoms with Crippen LogP contribution in [-0.2, 0) is 14.8 Å². The molecule has 3 rings (SSSR count). The van der Waals surface area contributed by atoms with Crippen LogP contribution in [0.5, 0.6) is 0 Å². The predicted molar refractivity (Wildman–Crippen MR) is 82.7 cm³/mol. The highest BCUT2D eigenvalue weighted by atomic mass is 32.2. The van der Waals surface area contributed by atoms with Crippen LogP contribution in [0.25, 0.3) is 0 Å². The fraction of sp³-hybridized carbons (Fsp3) is 0.467. The average molecular weight is 338 g/mol. The molecule has 0 unspecified atom stereocenters. The minimum absolute atomic E-state index is 0.134. The third-order valence-electron chi connectivity index (χ3n) is 4.06. The number of carbonyl (C=O) groups is 2. The number of hydrogen-bond donors (Lipinski definition) is 0. The topological polar surface area (TPSA) is 84.0 Å². The predicted octanol–water partition coefficient (Wildman–Crippen LogP) is 0.253. The Morgan fingerprint density at radius 2 is 1.74 bits per heavy atom. The van der Waals surface area contributed by atoms with Crippen LogP contribution in [-0.4, -0.2) is 68.0 Å². The number of fused-ring (bicyclic) bond motifs is 1. The molecule has 124 valence electrons. The van der Waals surface area contributed by atoms with Crippen molar-refractivity contribution in [3.63, 3.8) is 0 Å². The molecule has 2 aliphatic heterocycles. The molecule has 0 aliphatic carbocycles. The van der Waals surface area contributed by atoms with Crippen molar-refractivity contribution in [2.24, 2.45) is 0 Å². The Morgan fingerprint density at radius 3 is 2.43 bits per heavy atom. The fourth-order valence-corrected chi connectivity index (χ4v) is 4.15. The van der Waals surface area contributed by atoms with Crippen molar-refractivity contribution < 1.29 is 22.7 Å². The second kappa shape index (κ2) is 6.03. The van der Waals surface area contributed by atoms with Gasteiger partial charge in [0.05, 0.1) is 30.1 Å². The lowest BCUT2D eigenvalue weighted by molar-refractivity contribution is 0.0657. The molecule has 1 saturated heterocycles. The van der Waals surface area contributed by atoms with Crippen LogP contribution < -0.4 is 0 Å². The van der Waals surface area contributed by atoms with Crippen molar-refractivity contribution in [1.29, 1.82) is 0 Å². The third kappa shape index (κ3) is 3.01. The highest BCUT2D eigenvalue weighted by Gasteiger charge is 2.36. The molecule has 7 nitrogen and oxygen atoms in total. The van der Waals surface area contributed by atoms with E-state index in [1.54, 1.807) is 18.2 Å². The fourth-order valence-electron chi connectivity index (χ4n) is 2.77. The van der Waals surface area contributed by atoms with Gasteiger partial charge in [-0.05, 0) is 19.1 Å². The maximum absolute atomic E-state index is 12.3. The number of carbonyl (C=O) groups excluding carboxylic acids is 2. The number of amides is 2. The number of nitrogens with zero attached hydrogens (tertiary/aromatic N) is 2. The Morgan fingerprint density at radius 1 is 1.09 bits per heavy atom. The van der Waals surface area contributed by atoms with Crippen LogP contribution in [0.15, 0.2) is 18.2 Å². The standard InChI is InChI=1S/C15H18N2O5S/c1-11-2-3-12-13(10-11)15(19)17(14(12)18)6-9-23(20,21)16-4-7-22-8-5-16/h2-3,10H,4-9H2,1H3. The summed E-state index contributed by atoms with van der Waals surface area (Å²) >= 11 is 0. The van der Waals surface area contributed by atoms with E-state index in [2.05, 4.69) is 0 Å². The SMILES string of the molecule is Cc1ccc2c(c1)C(=O)N(CCS(=O)(=O)N1CCOCC1)C2=O. The van der Waals surface area contributed by atoms with Crippen molar-refractivity contribution in [1.82, 2.24) is 9.21 Å². The molecule has 0 aromatic heterocycles. The van der Waals surface area contributed by atoms with Crippen LogP contribution in [0, 0.1) is 6.92 Å². The molecule has 0 N–H and O–H groups in total. The van der Waals surface area contributed by atoms with Gasteiger partial charge < -0.3 is 4.74 Å². The maximum Gasteiger partial charge on any atom is 0.261 e. The number of morpholine rings is 1. The first kappa shape index (κ1) is 16.1. The molecule has 8 heteroatoms. The smallest absolute Gasteiger partial charge is 0.261 e. The van der Waals surface area contributed by atoms with Gasteiger partial charge in [-0.3, -0.25) is 14.5 Å². The zero-order valence-corrected chi connectivity index (χ0v) is 13.6. The first-order valence-corrected chi connectivity index (χ1v) is 9.03. The van der Waals surface area contributed by atoms with Crippen molar-refractivity contribution in [3.05, 3.63) is 34.9 Å². The van der Waals surface area contributed by atoms with Gasteiger partial charge in [-0.15, -0.1) is 0 Å². The molecule has 2 heterocycles. The number of aryl methyl sites for hydroxylation is 1. The van der Waals surface area contributed by atoms with Crippen LogP contribution >= 0.6 is 0 Å². The summed E-state index contributed by atoms with van der Waals surface area (Å²) in [4.78, 5) is 25.6. The van der Waals surface area contributed by atoms with Gasteiger partial charge in [-0.25, -0.2) is 8.42 Å². The van der Waals surface area contributed by atoms with Crippen LogP contribution in [0.1, 0.15) is 26.3 Å². The minimum Gasteiger partial charge on any atom is -0.379 e. The summed E-state index contributed by atoms with van der Waals surface area (Å²) in [5, 5.41) is 0. The number of hydrogen-bond acceptors (Lipinski definition) is 5. The molecular formula is C15H18N2O5S. The number of rotatable bonds is 4. The Labute approximate surface area is 134 Å². The summed E-state index contributed by atoms with van der Waals surface area (Å²) in [7, 11) is -3.51. The van der Waals surface area contributed by atoms with Crippen LogP contribution in [0.3, 0.4) is 0 Å². The summed E-state index contributed by atoms with van der Waals surface area (Å²) in [5.41, 5.74) is 1.57. The lowest BCUT2D eigenvalue weighted by Gasteiger charge is -2.26. The summed E-state index contributed by atoms with van der Waals surface area (Å²) in [6.07, 6.45) is 0. The van der Waals surface area contributed by atoms with Crippen molar-refractivity contribution in [2.75, 3.05) is 38.6 Å². The molecule has 0 atom stereocenters. The van der Waals surface area contributed by atoms with E-state index in [0.717, 1.165) is 10.5 Å². The van der Waals surface area contributed by atoms with E-state index in [0.29, 0.717) is 37.4 Å². The Bertz CT molecular complexity index is 753. The van der Waals surface area contributed by atoms with E-state index in [1.165, 1.54) is 4.31 Å². The van der Waals surface area contributed by atoms with Gasteiger partial charge in [-0.2, -0.15) is 4.31 Å². The molecule has 0 radical (unpaired) electrons. The van der Waals surface area contributed by atoms with E-state index >= 15 is 0 Å². The lowest BCUT2D eigenvalue weighted by atomic mass is 10.1. The molecular weight excluding hydrogens is 320 g/mol. The van der Waals surface area contributed by atoms with E-state index in [1.807, 2.05) is 6.92 Å². The van der Waals surface area contributed by atoms with E-state index in [9.17, 15) is 18.0 Å². The molecule has 2 aliphatic rings. The van der Waals surface area contributed by atoms with Gasteiger partial charge in [0.25, 0.3) is 11.8 Å². The highest BCUT2D eigenvalue weighted by Crippen LogP contribution is 2.24. The van der Waals surface area contributed by atoms with Gasteiger partial charge in [0.1, 0.15) is 0 Å². The van der Waals surface area contributed by atoms with Crippen LogP contribution in [0.4, 0.5) is 0 Å². The molecule has 23 heavy (non-hydrogen) atoms. The van der Waals surface area contributed by atoms with Crippen molar-refractivity contribution >= 4 is 21.8 Å². The average Bonchev–Trinajstić information content (AvgIpc) is 2.77. The monoisotopic (exact) mass is 338 g/mol. The first-order valence-electron chi connectivity index (χ1n) is 7.42. The Balaban J connectivity index is 1.72. The molecule has 0 spiro atoms. The molecule has 1 aromatic carbocycles. The number of ether oxygens (including phenoxy) is 1. The zero-order chi connectivity index (χ0) is 16.6. The summed E-state index contributed by atoms with van der Waals surface area (Å²) in [6.45, 7) is 3.05. The van der Waals surface area contributed by atoms with E-state index < -0.39 is 21.8 Å². The molecule has 1 aromatic rings. The summed E-state index contributed by atoms with van der Waals surface area (Å²) in [5.74, 6) is -1.12. The van der Waals surface area contributed by atoms with Gasteiger partial charge in [-0.1, -0.05) is 11.6 Å². The maximum atomic E-state index is 12.3. The van der Waals surface area contributed by atoms with Gasteiger partial charge in [0, 0.05) is 19.6 Å². The van der Waals surface area contributed by atoms with E-state index in [4.69, 9.17) is 4.74 Å². The van der Waals surface area contributed by atoms with Gasteiger partial charge >= 0.3 is 0 Å². The van der Waals surface area contributed by atoms with Crippen LogP contribution in [0.2, 0.25) is 0 Å². The van der Waals surface area contributed by atoms with Gasteiger partial charge in [0.15, 0.2) is 0 Å². The molecule has 0 bridgehead atoms. The highest BCUT2D eigenvalue weighted by molar-refractivity contribution is 7.89.